The van der Waals surface area contributed by atoms with Gasteiger partial charge in [0.2, 0.25) is 0 Å². The molecule has 2 nitrogen and oxygen atoms in total. The van der Waals surface area contributed by atoms with Crippen molar-refractivity contribution in [1.29, 1.82) is 0 Å². The zero-order valence-corrected chi connectivity index (χ0v) is 11.6. The standard InChI is InChI=1S/C14H19ClO2/c1-9(2)11-6-13(10(3)5-12(11)15)16-7-14(4)8-17-14/h5-6,9H,7-8H2,1-4H3. The van der Waals surface area contributed by atoms with Gasteiger partial charge < -0.3 is 9.47 Å². The second-order valence-electron chi connectivity index (χ2n) is 5.32. The van der Waals surface area contributed by atoms with E-state index in [1.165, 1.54) is 0 Å². The van der Waals surface area contributed by atoms with Gasteiger partial charge in [0.25, 0.3) is 0 Å². The predicted octanol–water partition coefficient (Wildman–Crippen LogP) is 3.94. The van der Waals surface area contributed by atoms with E-state index in [0.29, 0.717) is 12.5 Å². The van der Waals surface area contributed by atoms with E-state index in [0.717, 1.165) is 28.5 Å². The van der Waals surface area contributed by atoms with Gasteiger partial charge in [-0.3, -0.25) is 0 Å². The lowest BCUT2D eigenvalue weighted by Gasteiger charge is -2.15. The summed E-state index contributed by atoms with van der Waals surface area (Å²) in [5, 5.41) is 0.818. The topological polar surface area (TPSA) is 21.8 Å². The van der Waals surface area contributed by atoms with Gasteiger partial charge in [-0.15, -0.1) is 0 Å². The Hall–Kier alpha value is -0.730. The molecule has 1 heterocycles. The van der Waals surface area contributed by atoms with Crippen LogP contribution >= 0.6 is 11.6 Å². The lowest BCUT2D eigenvalue weighted by molar-refractivity contribution is 0.201. The average Bonchev–Trinajstić information content (AvgIpc) is 2.95. The fourth-order valence-electron chi connectivity index (χ4n) is 1.70. The maximum Gasteiger partial charge on any atom is 0.123 e. The fraction of sp³-hybridized carbons (Fsp3) is 0.571. The van der Waals surface area contributed by atoms with Crippen LogP contribution in [0.15, 0.2) is 12.1 Å². The molecule has 2 rings (SSSR count). The lowest BCUT2D eigenvalue weighted by atomic mass is 10.0. The minimum Gasteiger partial charge on any atom is -0.490 e. The maximum atomic E-state index is 6.22. The zero-order valence-electron chi connectivity index (χ0n) is 10.8. The molecule has 1 fully saturated rings. The van der Waals surface area contributed by atoms with E-state index in [1.54, 1.807) is 0 Å². The van der Waals surface area contributed by atoms with Gasteiger partial charge in [0.05, 0.1) is 6.61 Å². The predicted molar refractivity (Wildman–Crippen MR) is 70.1 cm³/mol. The van der Waals surface area contributed by atoms with E-state index in [2.05, 4.69) is 20.8 Å². The van der Waals surface area contributed by atoms with Crippen LogP contribution in [0, 0.1) is 6.92 Å². The molecule has 1 aromatic carbocycles. The molecule has 1 aliphatic heterocycles. The molecular formula is C14H19ClO2. The van der Waals surface area contributed by atoms with Gasteiger partial charge in [-0.1, -0.05) is 25.4 Å². The van der Waals surface area contributed by atoms with Crippen LogP contribution in [-0.2, 0) is 4.74 Å². The quantitative estimate of drug-likeness (QED) is 0.759. The largest absolute Gasteiger partial charge is 0.490 e. The summed E-state index contributed by atoms with van der Waals surface area (Å²) < 4.78 is 11.1. The van der Waals surface area contributed by atoms with E-state index >= 15 is 0 Å². The molecule has 17 heavy (non-hydrogen) atoms. The van der Waals surface area contributed by atoms with Crippen molar-refractivity contribution in [2.75, 3.05) is 13.2 Å². The van der Waals surface area contributed by atoms with Crippen LogP contribution in [0.3, 0.4) is 0 Å². The van der Waals surface area contributed by atoms with Gasteiger partial charge in [-0.2, -0.15) is 0 Å². The Bertz CT molecular complexity index is 422. The summed E-state index contributed by atoms with van der Waals surface area (Å²) in [5.41, 5.74) is 2.13. The molecule has 0 amide bonds. The first kappa shape index (κ1) is 12.7. The van der Waals surface area contributed by atoms with E-state index in [-0.39, 0.29) is 5.60 Å². The van der Waals surface area contributed by atoms with Crippen LogP contribution < -0.4 is 4.74 Å². The molecule has 1 atom stereocenters. The van der Waals surface area contributed by atoms with Gasteiger partial charge in [0.1, 0.15) is 18.0 Å². The van der Waals surface area contributed by atoms with E-state index in [4.69, 9.17) is 21.1 Å². The van der Waals surface area contributed by atoms with Crippen molar-refractivity contribution in [2.45, 2.75) is 39.2 Å². The molecule has 0 saturated carbocycles. The van der Waals surface area contributed by atoms with Crippen molar-refractivity contribution in [1.82, 2.24) is 0 Å². The Morgan fingerprint density at radius 3 is 2.65 bits per heavy atom. The van der Waals surface area contributed by atoms with Gasteiger partial charge in [-0.05, 0) is 43.0 Å². The molecule has 1 saturated heterocycles. The van der Waals surface area contributed by atoms with Crippen LogP contribution in [0.5, 0.6) is 5.75 Å². The molecule has 0 aromatic heterocycles. The Labute approximate surface area is 108 Å². The first-order valence-corrected chi connectivity index (χ1v) is 6.36. The van der Waals surface area contributed by atoms with Crippen LogP contribution in [0.2, 0.25) is 5.02 Å². The Kier molecular flexibility index (Phi) is 3.37. The summed E-state index contributed by atoms with van der Waals surface area (Å²) in [6.07, 6.45) is 0. The van der Waals surface area contributed by atoms with Gasteiger partial charge in [0.15, 0.2) is 0 Å². The number of hydrogen-bond donors (Lipinski definition) is 0. The van der Waals surface area contributed by atoms with E-state index < -0.39 is 0 Å². The SMILES string of the molecule is Cc1cc(Cl)c(C(C)C)cc1OCC1(C)CO1. The number of epoxide rings is 1. The molecule has 0 spiro atoms. The van der Waals surface area contributed by atoms with Crippen molar-refractivity contribution in [3.05, 3.63) is 28.3 Å². The summed E-state index contributed by atoms with van der Waals surface area (Å²) >= 11 is 6.22. The minimum absolute atomic E-state index is 0.0793. The molecule has 0 aliphatic carbocycles. The first-order valence-electron chi connectivity index (χ1n) is 5.98. The molecule has 1 unspecified atom stereocenters. The summed E-state index contributed by atoms with van der Waals surface area (Å²) in [4.78, 5) is 0. The zero-order chi connectivity index (χ0) is 12.6. The number of benzene rings is 1. The molecule has 3 heteroatoms. The summed E-state index contributed by atoms with van der Waals surface area (Å²) in [6, 6.07) is 4.02. The summed E-state index contributed by atoms with van der Waals surface area (Å²) in [7, 11) is 0. The normalized spacial score (nSPS) is 22.9. The number of aryl methyl sites for hydroxylation is 1. The van der Waals surface area contributed by atoms with Crippen molar-refractivity contribution < 1.29 is 9.47 Å². The Balaban J connectivity index is 2.17. The summed E-state index contributed by atoms with van der Waals surface area (Å²) in [6.45, 7) is 9.73. The number of hydrogen-bond acceptors (Lipinski definition) is 2. The second-order valence-corrected chi connectivity index (χ2v) is 5.73. The molecule has 1 aliphatic rings. The van der Waals surface area contributed by atoms with E-state index in [1.807, 2.05) is 19.1 Å². The Morgan fingerprint density at radius 2 is 2.12 bits per heavy atom. The van der Waals surface area contributed by atoms with Crippen LogP contribution in [0.4, 0.5) is 0 Å². The van der Waals surface area contributed by atoms with Gasteiger partial charge in [0, 0.05) is 5.02 Å². The highest BCUT2D eigenvalue weighted by Crippen LogP contribution is 2.33. The van der Waals surface area contributed by atoms with Crippen molar-refractivity contribution >= 4 is 11.6 Å². The summed E-state index contributed by atoms with van der Waals surface area (Å²) in [5.74, 6) is 1.31. The lowest BCUT2D eigenvalue weighted by Crippen LogP contribution is -2.17. The maximum absolute atomic E-state index is 6.22. The van der Waals surface area contributed by atoms with Crippen molar-refractivity contribution in [2.24, 2.45) is 0 Å². The van der Waals surface area contributed by atoms with Crippen molar-refractivity contribution in [3.63, 3.8) is 0 Å². The fourth-order valence-corrected chi connectivity index (χ4v) is 2.14. The van der Waals surface area contributed by atoms with Crippen molar-refractivity contribution in [3.8, 4) is 5.75 Å². The third kappa shape index (κ3) is 2.93. The highest BCUT2D eigenvalue weighted by atomic mass is 35.5. The van der Waals surface area contributed by atoms with Crippen LogP contribution in [0.25, 0.3) is 0 Å². The number of ether oxygens (including phenoxy) is 2. The second kappa shape index (κ2) is 4.51. The minimum atomic E-state index is -0.0793. The van der Waals surface area contributed by atoms with Crippen LogP contribution in [0.1, 0.15) is 37.8 Å². The van der Waals surface area contributed by atoms with Gasteiger partial charge >= 0.3 is 0 Å². The molecule has 1 aromatic rings. The highest BCUT2D eigenvalue weighted by molar-refractivity contribution is 6.31. The highest BCUT2D eigenvalue weighted by Gasteiger charge is 2.40. The molecule has 0 radical (unpaired) electrons. The Morgan fingerprint density at radius 1 is 1.47 bits per heavy atom. The molecule has 0 bridgehead atoms. The smallest absolute Gasteiger partial charge is 0.123 e. The van der Waals surface area contributed by atoms with Crippen LogP contribution in [-0.4, -0.2) is 18.8 Å². The molecule has 0 N–H and O–H groups in total. The average molecular weight is 255 g/mol. The molecular weight excluding hydrogens is 236 g/mol. The number of rotatable bonds is 4. The molecule has 94 valence electrons. The third-order valence-corrected chi connectivity index (χ3v) is 3.41. The number of halogens is 1. The third-order valence-electron chi connectivity index (χ3n) is 3.09. The van der Waals surface area contributed by atoms with Gasteiger partial charge in [-0.25, -0.2) is 0 Å². The monoisotopic (exact) mass is 254 g/mol. The first-order chi connectivity index (χ1) is 7.91. The van der Waals surface area contributed by atoms with E-state index in [9.17, 15) is 0 Å².